The lowest BCUT2D eigenvalue weighted by molar-refractivity contribution is 0.0995. The van der Waals surface area contributed by atoms with Crippen molar-refractivity contribution >= 4 is 11.7 Å². The Morgan fingerprint density at radius 2 is 1.83 bits per heavy atom. The molecule has 144 valence electrons. The van der Waals surface area contributed by atoms with Crippen molar-refractivity contribution in [2.75, 3.05) is 5.32 Å². The minimum atomic E-state index is -0.515. The van der Waals surface area contributed by atoms with Gasteiger partial charge in [-0.1, -0.05) is 6.07 Å². The summed E-state index contributed by atoms with van der Waals surface area (Å²) in [4.78, 5) is 30.1. The number of amides is 1. The highest BCUT2D eigenvalue weighted by molar-refractivity contribution is 6.05. The van der Waals surface area contributed by atoms with Gasteiger partial charge < -0.3 is 9.73 Å². The number of anilines is 1. The van der Waals surface area contributed by atoms with Crippen molar-refractivity contribution in [1.29, 1.82) is 0 Å². The molecule has 29 heavy (non-hydrogen) atoms. The number of hydrogen-bond acceptors (Lipinski definition) is 6. The summed E-state index contributed by atoms with van der Waals surface area (Å²) in [6.45, 7) is 3.42. The molecule has 3 aromatic heterocycles. The molecule has 8 heteroatoms. The molecule has 0 atom stereocenters. The maximum Gasteiger partial charge on any atom is 0.294 e. The van der Waals surface area contributed by atoms with Crippen molar-refractivity contribution in [3.05, 3.63) is 77.9 Å². The van der Waals surface area contributed by atoms with Crippen LogP contribution in [0.1, 0.15) is 22.0 Å². The molecule has 0 radical (unpaired) electrons. The molecule has 1 aromatic carbocycles. The quantitative estimate of drug-likeness (QED) is 0.562. The van der Waals surface area contributed by atoms with E-state index in [0.29, 0.717) is 40.0 Å². The molecule has 0 bridgehead atoms. The Kier molecular flexibility index (Phi) is 4.82. The molecule has 0 aliphatic carbocycles. The average Bonchev–Trinajstić information content (AvgIpc) is 3.12. The fraction of sp³-hybridized carbons (Fsp3) is 0.0952. The number of aryl methyl sites for hydroxylation is 2. The van der Waals surface area contributed by atoms with Crippen LogP contribution in [0.5, 0.6) is 0 Å². The summed E-state index contributed by atoms with van der Waals surface area (Å²) in [5.41, 5.74) is 2.17. The number of carbonyl (C=O) groups is 1. The molecule has 0 saturated heterocycles. The van der Waals surface area contributed by atoms with E-state index in [0.717, 1.165) is 0 Å². The van der Waals surface area contributed by atoms with Crippen LogP contribution >= 0.6 is 0 Å². The number of rotatable bonds is 4. The summed E-state index contributed by atoms with van der Waals surface area (Å²) < 4.78 is 18.7. The van der Waals surface area contributed by atoms with Crippen molar-refractivity contribution in [3.8, 4) is 22.8 Å². The molecular weight excluding hydrogens is 373 g/mol. The zero-order valence-electron chi connectivity index (χ0n) is 15.7. The second-order valence-corrected chi connectivity index (χ2v) is 6.31. The molecule has 4 rings (SSSR count). The first kappa shape index (κ1) is 18.4. The average molecular weight is 389 g/mol. The third kappa shape index (κ3) is 3.86. The van der Waals surface area contributed by atoms with Crippen molar-refractivity contribution < 1.29 is 13.6 Å². The van der Waals surface area contributed by atoms with Crippen LogP contribution in [0.2, 0.25) is 0 Å². The Morgan fingerprint density at radius 3 is 2.55 bits per heavy atom. The second kappa shape index (κ2) is 7.59. The van der Waals surface area contributed by atoms with Gasteiger partial charge in [-0.2, -0.15) is 0 Å². The molecule has 0 saturated carbocycles. The van der Waals surface area contributed by atoms with Crippen molar-refractivity contribution in [1.82, 2.24) is 19.9 Å². The molecule has 0 fully saturated rings. The van der Waals surface area contributed by atoms with Gasteiger partial charge in [-0.15, -0.1) is 0 Å². The highest BCUT2D eigenvalue weighted by Gasteiger charge is 2.22. The predicted molar refractivity (Wildman–Crippen MR) is 105 cm³/mol. The van der Waals surface area contributed by atoms with Crippen LogP contribution in [-0.4, -0.2) is 25.8 Å². The van der Waals surface area contributed by atoms with Gasteiger partial charge in [0.25, 0.3) is 5.91 Å². The fourth-order valence-corrected chi connectivity index (χ4v) is 2.74. The van der Waals surface area contributed by atoms with Gasteiger partial charge in [0.1, 0.15) is 23.0 Å². The lowest BCUT2D eigenvalue weighted by Gasteiger charge is -2.08. The normalized spacial score (nSPS) is 10.7. The van der Waals surface area contributed by atoms with E-state index in [4.69, 9.17) is 4.42 Å². The van der Waals surface area contributed by atoms with E-state index < -0.39 is 5.91 Å². The fourth-order valence-electron chi connectivity index (χ4n) is 2.74. The molecule has 3 heterocycles. The van der Waals surface area contributed by atoms with Gasteiger partial charge in [0, 0.05) is 30.4 Å². The molecule has 0 spiro atoms. The van der Waals surface area contributed by atoms with Crippen LogP contribution in [0.3, 0.4) is 0 Å². The number of oxazole rings is 1. The van der Waals surface area contributed by atoms with Crippen LogP contribution in [0.4, 0.5) is 10.2 Å². The molecule has 1 amide bonds. The first-order valence-corrected chi connectivity index (χ1v) is 8.81. The van der Waals surface area contributed by atoms with E-state index >= 15 is 0 Å². The van der Waals surface area contributed by atoms with Crippen LogP contribution < -0.4 is 5.32 Å². The Balaban J connectivity index is 1.66. The van der Waals surface area contributed by atoms with Crippen LogP contribution in [0, 0.1) is 19.7 Å². The molecule has 1 N–H and O–H groups in total. The largest absolute Gasteiger partial charge is 0.435 e. The van der Waals surface area contributed by atoms with Gasteiger partial charge in [-0.25, -0.2) is 19.3 Å². The third-order valence-electron chi connectivity index (χ3n) is 4.16. The number of hydrogen-bond donors (Lipinski definition) is 1. The summed E-state index contributed by atoms with van der Waals surface area (Å²) in [5, 5.41) is 2.75. The number of benzene rings is 1. The Morgan fingerprint density at radius 1 is 1.03 bits per heavy atom. The number of nitrogens with zero attached hydrogens (tertiary/aromatic N) is 4. The smallest absolute Gasteiger partial charge is 0.294 e. The van der Waals surface area contributed by atoms with E-state index in [1.165, 1.54) is 12.1 Å². The summed E-state index contributed by atoms with van der Waals surface area (Å²) in [7, 11) is 0. The van der Waals surface area contributed by atoms with Gasteiger partial charge in [0.05, 0.1) is 0 Å². The summed E-state index contributed by atoms with van der Waals surface area (Å²) >= 11 is 0. The lowest BCUT2D eigenvalue weighted by atomic mass is 10.1. The first-order valence-electron chi connectivity index (χ1n) is 8.81. The summed E-state index contributed by atoms with van der Waals surface area (Å²) in [6.07, 6.45) is 3.25. The SMILES string of the molecule is Cc1nc(-c2ccc(F)cc2)c(C(=O)Nc2nc(-c3ccccn3)ncc2C)o1. The summed E-state index contributed by atoms with van der Waals surface area (Å²) in [6, 6.07) is 11.1. The molecular formula is C21H16FN5O2. The second-order valence-electron chi connectivity index (χ2n) is 6.31. The van der Waals surface area contributed by atoms with Gasteiger partial charge in [0.2, 0.25) is 5.76 Å². The highest BCUT2D eigenvalue weighted by Crippen LogP contribution is 2.26. The van der Waals surface area contributed by atoms with E-state index in [1.807, 2.05) is 6.07 Å². The molecule has 0 unspecified atom stereocenters. The maximum atomic E-state index is 13.2. The van der Waals surface area contributed by atoms with Crippen molar-refractivity contribution in [2.24, 2.45) is 0 Å². The minimum Gasteiger partial charge on any atom is -0.435 e. The van der Waals surface area contributed by atoms with E-state index in [-0.39, 0.29) is 11.6 Å². The zero-order chi connectivity index (χ0) is 20.4. The van der Waals surface area contributed by atoms with Gasteiger partial charge in [0.15, 0.2) is 11.7 Å². The number of carbonyl (C=O) groups excluding carboxylic acids is 1. The Hall–Kier alpha value is -3.94. The number of nitrogens with one attached hydrogen (secondary N) is 1. The highest BCUT2D eigenvalue weighted by atomic mass is 19.1. The molecule has 4 aromatic rings. The van der Waals surface area contributed by atoms with E-state index in [2.05, 4.69) is 25.3 Å². The molecule has 0 aliphatic heterocycles. The van der Waals surface area contributed by atoms with Crippen molar-refractivity contribution in [2.45, 2.75) is 13.8 Å². The van der Waals surface area contributed by atoms with Gasteiger partial charge >= 0.3 is 0 Å². The molecule has 7 nitrogen and oxygen atoms in total. The predicted octanol–water partition coefficient (Wildman–Crippen LogP) is 4.20. The lowest BCUT2D eigenvalue weighted by Crippen LogP contribution is -2.15. The van der Waals surface area contributed by atoms with Crippen LogP contribution in [0.25, 0.3) is 22.8 Å². The first-order chi connectivity index (χ1) is 14.0. The van der Waals surface area contributed by atoms with Crippen molar-refractivity contribution in [3.63, 3.8) is 0 Å². The number of halogens is 1. The Bertz CT molecular complexity index is 1170. The maximum absolute atomic E-state index is 13.2. The molecule has 0 aliphatic rings. The van der Waals surface area contributed by atoms with Gasteiger partial charge in [-0.05, 0) is 43.3 Å². The van der Waals surface area contributed by atoms with Gasteiger partial charge in [-0.3, -0.25) is 9.78 Å². The number of pyridine rings is 1. The third-order valence-corrected chi connectivity index (χ3v) is 4.16. The van der Waals surface area contributed by atoms with E-state index in [1.54, 1.807) is 50.5 Å². The van der Waals surface area contributed by atoms with Crippen LogP contribution in [0.15, 0.2) is 59.3 Å². The standard InChI is InChI=1S/C21H16FN5O2/c1-12-11-24-20(16-5-3-4-10-23-16)26-19(12)27-21(28)18-17(25-13(2)29-18)14-6-8-15(22)9-7-14/h3-11H,1-2H3,(H,24,26,27,28). The zero-order valence-corrected chi connectivity index (χ0v) is 15.7. The Labute approximate surface area is 165 Å². The topological polar surface area (TPSA) is 93.8 Å². The number of aromatic nitrogens is 4. The monoisotopic (exact) mass is 389 g/mol. The van der Waals surface area contributed by atoms with Crippen LogP contribution in [-0.2, 0) is 0 Å². The minimum absolute atomic E-state index is 0.0199. The summed E-state index contributed by atoms with van der Waals surface area (Å²) in [5.74, 6) is 0.177. The van der Waals surface area contributed by atoms with E-state index in [9.17, 15) is 9.18 Å².